The molecule has 0 aliphatic carbocycles. The maximum Gasteiger partial charge on any atom is 0.410 e. The van der Waals surface area contributed by atoms with E-state index in [4.69, 9.17) is 19.8 Å². The van der Waals surface area contributed by atoms with Crippen LogP contribution in [0.2, 0.25) is 0 Å². The Bertz CT molecular complexity index is 801. The summed E-state index contributed by atoms with van der Waals surface area (Å²) in [6, 6.07) is 9.07. The zero-order valence-electron chi connectivity index (χ0n) is 19.0. The zero-order chi connectivity index (χ0) is 23.7. The molecule has 0 spiro atoms. The molecule has 32 heavy (non-hydrogen) atoms. The largest absolute Gasteiger partial charge is 0.490 e. The molecule has 9 heteroatoms. The summed E-state index contributed by atoms with van der Waals surface area (Å²) >= 11 is 0. The molecule has 0 aromatic heterocycles. The van der Waals surface area contributed by atoms with Gasteiger partial charge in [-0.25, -0.2) is 9.59 Å². The number of ether oxygens (including phenoxy) is 2. The number of hydrogen-bond acceptors (Lipinski definition) is 6. The smallest absolute Gasteiger partial charge is 0.410 e. The molecule has 0 atom stereocenters. The second-order valence-electron chi connectivity index (χ2n) is 8.93. The maximum atomic E-state index is 11.5. The lowest BCUT2D eigenvalue weighted by molar-refractivity contribution is 0.0100. The van der Waals surface area contributed by atoms with E-state index >= 15 is 0 Å². The van der Waals surface area contributed by atoms with Crippen molar-refractivity contribution in [1.82, 2.24) is 9.80 Å². The van der Waals surface area contributed by atoms with Gasteiger partial charge in [0, 0.05) is 39.0 Å². The molecule has 9 nitrogen and oxygen atoms in total. The molecule has 2 aliphatic rings. The highest BCUT2D eigenvalue weighted by Crippen LogP contribution is 2.20. The fourth-order valence-electron chi connectivity index (χ4n) is 3.37. The maximum absolute atomic E-state index is 11.5. The van der Waals surface area contributed by atoms with E-state index in [1.807, 2.05) is 26.8 Å². The minimum atomic E-state index is -0.875. The van der Waals surface area contributed by atoms with E-state index in [0.717, 1.165) is 0 Å². The monoisotopic (exact) mass is 447 g/mol. The Morgan fingerprint density at radius 1 is 1.06 bits per heavy atom. The van der Waals surface area contributed by atoms with Crippen LogP contribution in [0.3, 0.4) is 0 Å². The molecular formula is C23H33N3O6. The lowest BCUT2D eigenvalue weighted by atomic mass is 10.1. The van der Waals surface area contributed by atoms with Gasteiger partial charge < -0.3 is 29.5 Å². The highest BCUT2D eigenvalue weighted by atomic mass is 16.6. The Morgan fingerprint density at radius 2 is 1.66 bits per heavy atom. The summed E-state index contributed by atoms with van der Waals surface area (Å²) in [5.74, 6) is 0.669. The number of aliphatic hydroxyl groups excluding tert-OH is 1. The number of aliphatic hydroxyl groups is 1. The van der Waals surface area contributed by atoms with Crippen LogP contribution in [0.4, 0.5) is 9.59 Å². The number of benzene rings is 1. The van der Waals surface area contributed by atoms with Crippen LogP contribution in [-0.2, 0) is 4.74 Å². The highest BCUT2D eigenvalue weighted by Gasteiger charge is 2.26. The van der Waals surface area contributed by atoms with Crippen LogP contribution < -0.4 is 4.74 Å². The van der Waals surface area contributed by atoms with Gasteiger partial charge >= 0.3 is 12.2 Å². The van der Waals surface area contributed by atoms with Gasteiger partial charge in [-0.1, -0.05) is 6.07 Å². The fraction of sp³-hybridized carbons (Fsp3) is 0.609. The lowest BCUT2D eigenvalue weighted by Gasteiger charge is -2.31. The van der Waals surface area contributed by atoms with Crippen LogP contribution in [0.15, 0.2) is 24.3 Å². The van der Waals surface area contributed by atoms with Gasteiger partial charge in [0.05, 0.1) is 17.7 Å². The van der Waals surface area contributed by atoms with Crippen LogP contribution in [-0.4, -0.2) is 76.2 Å². The molecule has 2 saturated heterocycles. The van der Waals surface area contributed by atoms with Crippen LogP contribution in [0.25, 0.3) is 0 Å². The van der Waals surface area contributed by atoms with E-state index in [-0.39, 0.29) is 18.3 Å². The number of carboxylic acid groups (broad SMARTS) is 1. The molecule has 2 N–H and O–H groups in total. The Hall–Kier alpha value is -2.99. The van der Waals surface area contributed by atoms with E-state index in [2.05, 4.69) is 6.07 Å². The highest BCUT2D eigenvalue weighted by molar-refractivity contribution is 5.68. The van der Waals surface area contributed by atoms with Gasteiger partial charge in [0.25, 0.3) is 0 Å². The molecule has 0 radical (unpaired) electrons. The van der Waals surface area contributed by atoms with Crippen molar-refractivity contribution in [3.8, 4) is 11.8 Å². The number of carbonyl (C=O) groups is 2. The third-order valence-electron chi connectivity index (χ3n) is 5.09. The first-order chi connectivity index (χ1) is 15.1. The molecule has 0 unspecified atom stereocenters. The van der Waals surface area contributed by atoms with Gasteiger partial charge in [-0.3, -0.25) is 0 Å². The van der Waals surface area contributed by atoms with Crippen molar-refractivity contribution < 1.29 is 29.3 Å². The number of nitriles is 1. The van der Waals surface area contributed by atoms with Crippen LogP contribution in [0.1, 0.15) is 52.0 Å². The first kappa shape index (κ1) is 25.3. The van der Waals surface area contributed by atoms with E-state index in [9.17, 15) is 14.7 Å². The molecule has 176 valence electrons. The number of likely N-dealkylation sites (tertiary alicyclic amines) is 2. The molecule has 2 amide bonds. The molecule has 1 aromatic carbocycles. The molecule has 0 saturated carbocycles. The normalized spacial score (nSPS) is 17.6. The standard InChI is InChI=1S/C13H14N2O3.C10H19NO3/c14-9-10-2-1-3-12(8-10)18-11-4-6-15(7-5-11)13(16)17;1-10(2,3)14-9(13)11-6-4-8(12)5-7-11/h1-3,8,11H,4-7H2,(H,16,17);8,12H,4-7H2,1-3H3. The quantitative estimate of drug-likeness (QED) is 0.711. The summed E-state index contributed by atoms with van der Waals surface area (Å²) in [4.78, 5) is 25.3. The van der Waals surface area contributed by atoms with Crippen molar-refractivity contribution in [3.05, 3.63) is 29.8 Å². The predicted molar refractivity (Wildman–Crippen MR) is 117 cm³/mol. The number of nitrogens with zero attached hydrogens (tertiary/aromatic N) is 3. The Morgan fingerprint density at radius 3 is 2.19 bits per heavy atom. The van der Waals surface area contributed by atoms with Crippen molar-refractivity contribution in [2.75, 3.05) is 26.2 Å². The third kappa shape index (κ3) is 8.63. The first-order valence-corrected chi connectivity index (χ1v) is 10.9. The predicted octanol–water partition coefficient (Wildman–Crippen LogP) is 3.46. The second-order valence-corrected chi connectivity index (χ2v) is 8.93. The minimum Gasteiger partial charge on any atom is -0.490 e. The Kier molecular flexibility index (Phi) is 9.14. The van der Waals surface area contributed by atoms with Crippen LogP contribution in [0.5, 0.6) is 5.75 Å². The Labute approximate surface area is 189 Å². The number of piperidine rings is 2. The second kappa shape index (κ2) is 11.6. The number of amides is 2. The summed E-state index contributed by atoms with van der Waals surface area (Å²) in [6.45, 7) is 7.74. The average molecular weight is 448 g/mol. The lowest BCUT2D eigenvalue weighted by Crippen LogP contribution is -2.42. The van der Waals surface area contributed by atoms with Crippen molar-refractivity contribution in [3.63, 3.8) is 0 Å². The van der Waals surface area contributed by atoms with Crippen molar-refractivity contribution >= 4 is 12.2 Å². The summed E-state index contributed by atoms with van der Waals surface area (Å²) in [6.07, 6.45) is 1.29. The summed E-state index contributed by atoms with van der Waals surface area (Å²) in [5.41, 5.74) is 0.128. The summed E-state index contributed by atoms with van der Waals surface area (Å²) < 4.78 is 11.0. The number of hydrogen-bond donors (Lipinski definition) is 2. The molecule has 1 aromatic rings. The molecule has 0 bridgehead atoms. The molecule has 2 fully saturated rings. The summed E-state index contributed by atoms with van der Waals surface area (Å²) in [7, 11) is 0. The minimum absolute atomic E-state index is 0.0227. The topological polar surface area (TPSA) is 123 Å². The zero-order valence-corrected chi connectivity index (χ0v) is 19.0. The van der Waals surface area contributed by atoms with Gasteiger partial charge in [0.15, 0.2) is 0 Å². The van der Waals surface area contributed by atoms with Crippen molar-refractivity contribution in [2.45, 2.75) is 64.3 Å². The average Bonchev–Trinajstić information content (AvgIpc) is 2.74. The Balaban J connectivity index is 0.000000235. The van der Waals surface area contributed by atoms with Gasteiger partial charge in [-0.05, 0) is 51.8 Å². The fourth-order valence-corrected chi connectivity index (χ4v) is 3.37. The van der Waals surface area contributed by atoms with Crippen molar-refractivity contribution in [2.24, 2.45) is 0 Å². The third-order valence-corrected chi connectivity index (χ3v) is 5.09. The van der Waals surface area contributed by atoms with Crippen molar-refractivity contribution in [1.29, 1.82) is 5.26 Å². The SMILES string of the molecule is CC(C)(C)OC(=O)N1CCC(O)CC1.N#Cc1cccc(OC2CCN(C(=O)O)CC2)c1. The van der Waals surface area contributed by atoms with E-state index < -0.39 is 11.7 Å². The van der Waals surface area contributed by atoms with Gasteiger partial charge in [-0.15, -0.1) is 0 Å². The van der Waals surface area contributed by atoms with Gasteiger partial charge in [0.1, 0.15) is 17.5 Å². The van der Waals surface area contributed by atoms with Crippen LogP contribution >= 0.6 is 0 Å². The molecule has 3 rings (SSSR count). The summed E-state index contributed by atoms with van der Waals surface area (Å²) in [5, 5.41) is 26.9. The van der Waals surface area contributed by atoms with E-state index in [0.29, 0.717) is 63.2 Å². The number of rotatable bonds is 2. The number of carbonyl (C=O) groups excluding carboxylic acids is 1. The molecule has 2 heterocycles. The first-order valence-electron chi connectivity index (χ1n) is 10.9. The molecule has 2 aliphatic heterocycles. The van der Waals surface area contributed by atoms with E-state index in [1.165, 1.54) is 4.90 Å². The van der Waals surface area contributed by atoms with Gasteiger partial charge in [-0.2, -0.15) is 5.26 Å². The van der Waals surface area contributed by atoms with Crippen LogP contribution in [0, 0.1) is 11.3 Å². The van der Waals surface area contributed by atoms with Gasteiger partial charge in [0.2, 0.25) is 0 Å². The van der Waals surface area contributed by atoms with E-state index in [1.54, 1.807) is 23.1 Å². The molecular weight excluding hydrogens is 414 g/mol.